The van der Waals surface area contributed by atoms with Gasteiger partial charge in [-0.25, -0.2) is 0 Å². The van der Waals surface area contributed by atoms with Crippen LogP contribution in [0.4, 0.5) is 0 Å². The van der Waals surface area contributed by atoms with E-state index in [9.17, 15) is 7.54 Å². The van der Waals surface area contributed by atoms with Gasteiger partial charge in [-0.05, 0) is 47.9 Å². The molecule has 2 aliphatic rings. The van der Waals surface area contributed by atoms with E-state index in [0.717, 1.165) is 11.0 Å². The summed E-state index contributed by atoms with van der Waals surface area (Å²) in [5.41, 5.74) is 5.65. The molecule has 0 amide bonds. The van der Waals surface area contributed by atoms with Crippen molar-refractivity contribution in [3.05, 3.63) is 23.3 Å². The van der Waals surface area contributed by atoms with Gasteiger partial charge >= 0.3 is 5.97 Å². The summed E-state index contributed by atoms with van der Waals surface area (Å²) >= 11 is 0. The Balaban J connectivity index is 2.25. The van der Waals surface area contributed by atoms with Crippen molar-refractivity contribution in [2.45, 2.75) is 65.0 Å². The van der Waals surface area contributed by atoms with Crippen LogP contribution in [0.5, 0.6) is 11.5 Å². The molecule has 30 heavy (non-hydrogen) atoms. The van der Waals surface area contributed by atoms with Crippen LogP contribution in [0.15, 0.2) is 12.1 Å². The van der Waals surface area contributed by atoms with Crippen LogP contribution in [-0.2, 0) is 15.9 Å². The van der Waals surface area contributed by atoms with Gasteiger partial charge < -0.3 is 19.9 Å². The predicted octanol–water partition coefficient (Wildman–Crippen LogP) is 3.56. The molecular weight excluding hydrogens is 380 g/mol. The number of nitrogens with two attached hydrogens (primary N) is 1. The molecule has 6 heteroatoms. The summed E-state index contributed by atoms with van der Waals surface area (Å²) in [4.78, 5) is 14.0. The van der Waals surface area contributed by atoms with E-state index in [1.807, 2.05) is 13.8 Å². The van der Waals surface area contributed by atoms with Gasteiger partial charge in [0.1, 0.15) is 12.1 Å². The van der Waals surface area contributed by atoms with Crippen molar-refractivity contribution in [3.8, 4) is 11.5 Å². The first-order valence-electron chi connectivity index (χ1n) is 14.8. The van der Waals surface area contributed by atoms with Gasteiger partial charge in [0.25, 0.3) is 0 Å². The zero-order chi connectivity index (χ0) is 29.9. The average Bonchev–Trinajstić information content (AvgIpc) is 2.77. The van der Waals surface area contributed by atoms with Crippen molar-refractivity contribution in [1.29, 1.82) is 0 Å². The molecule has 1 aromatic rings. The average molecular weight is 428 g/mol. The van der Waals surface area contributed by atoms with Crippen molar-refractivity contribution in [2.24, 2.45) is 23.5 Å². The normalized spacial score (nSPS) is 38.0. The maximum Gasteiger partial charge on any atom is 0.323 e. The van der Waals surface area contributed by atoms with Gasteiger partial charge in [0.2, 0.25) is 0 Å². The lowest BCUT2D eigenvalue weighted by Crippen LogP contribution is -2.51. The minimum atomic E-state index is -2.90. The molecule has 168 valence electrons. The molecule has 0 spiro atoms. The number of piperidine rings is 1. The Hall–Kier alpha value is -1.79. The molecule has 2 N–H and O–H groups in total. The molecule has 2 heterocycles. The topological polar surface area (TPSA) is 74.0 Å². The molecule has 4 atom stereocenters. The fraction of sp³-hybridized carbons (Fsp3) is 0.708. The number of ether oxygens (including phenoxy) is 3. The maximum atomic E-state index is 12.9. The molecule has 3 rings (SSSR count). The standard InChI is InChI=1S/C24H38N2O4/c1-14(2)9-17-13-26-8-7-16-10-21(28-5)22(29-6)11-18(16)19(26)12-20(17)30-24(27)23(25)15(3)4/h10-11,14-15,17,19-20,23H,7-9,12-13,25H2,1-6H3/t17?,19?,20?,23-/m0/s1/i5D3,7D2,8D2,19D,20D. The number of rotatable bonds is 7. The minimum Gasteiger partial charge on any atom is -0.493 e. The van der Waals surface area contributed by atoms with Gasteiger partial charge in [-0.15, -0.1) is 0 Å². The number of benzene rings is 1. The van der Waals surface area contributed by atoms with E-state index in [4.69, 9.17) is 29.5 Å². The number of methoxy groups -OCH3 is 2. The van der Waals surface area contributed by atoms with Gasteiger partial charge in [-0.2, -0.15) is 0 Å². The highest BCUT2D eigenvalue weighted by atomic mass is 16.5. The van der Waals surface area contributed by atoms with Gasteiger partial charge in [0, 0.05) is 36.9 Å². The highest BCUT2D eigenvalue weighted by Crippen LogP contribution is 2.44. The molecule has 2 aliphatic heterocycles. The summed E-state index contributed by atoms with van der Waals surface area (Å²) in [7, 11) is -1.65. The van der Waals surface area contributed by atoms with Crippen LogP contribution in [0.1, 0.15) is 70.0 Å². The third kappa shape index (κ3) is 4.75. The molecule has 6 nitrogen and oxygen atoms in total. The lowest BCUT2D eigenvalue weighted by atomic mass is 9.79. The molecule has 0 aliphatic carbocycles. The summed E-state index contributed by atoms with van der Waals surface area (Å²) in [6.07, 6.45) is -4.86. The Morgan fingerprint density at radius 1 is 1.33 bits per heavy atom. The zero-order valence-electron chi connectivity index (χ0n) is 27.2. The van der Waals surface area contributed by atoms with Crippen LogP contribution in [-0.4, -0.2) is 50.2 Å². The smallest absolute Gasteiger partial charge is 0.323 e. The third-order valence-electron chi connectivity index (χ3n) is 5.55. The van der Waals surface area contributed by atoms with Gasteiger partial charge in [-0.1, -0.05) is 27.7 Å². The number of nitrogens with zero attached hydrogens (tertiary/aromatic N) is 1. The minimum absolute atomic E-state index is 0.0230. The molecule has 3 unspecified atom stereocenters. The van der Waals surface area contributed by atoms with Crippen molar-refractivity contribution >= 4 is 5.97 Å². The Bertz CT molecular complexity index is 1100. The van der Waals surface area contributed by atoms with Crippen LogP contribution in [0.3, 0.4) is 0 Å². The first kappa shape index (κ1) is 13.6. The second-order valence-corrected chi connectivity index (χ2v) is 8.61. The number of carbonyl (C=O) groups is 1. The number of carbonyl (C=O) groups excluding carboxylic acids is 1. The summed E-state index contributed by atoms with van der Waals surface area (Å²) in [5, 5.41) is 0. The van der Waals surface area contributed by atoms with E-state index in [0.29, 0.717) is 6.42 Å². The second-order valence-electron chi connectivity index (χ2n) is 8.61. The van der Waals surface area contributed by atoms with Crippen molar-refractivity contribution in [3.63, 3.8) is 0 Å². The number of fused-ring (bicyclic) bond motifs is 3. The molecule has 0 radical (unpaired) electrons. The van der Waals surface area contributed by atoms with E-state index in [1.165, 1.54) is 13.2 Å². The quantitative estimate of drug-likeness (QED) is 0.671. The van der Waals surface area contributed by atoms with Crippen LogP contribution >= 0.6 is 0 Å². The maximum absolute atomic E-state index is 12.9. The molecule has 0 bridgehead atoms. The van der Waals surface area contributed by atoms with E-state index in [2.05, 4.69) is 0 Å². The zero-order valence-corrected chi connectivity index (χ0v) is 18.2. The van der Waals surface area contributed by atoms with Crippen LogP contribution in [0.25, 0.3) is 0 Å². The summed E-state index contributed by atoms with van der Waals surface area (Å²) < 4.78 is 92.6. The van der Waals surface area contributed by atoms with E-state index < -0.39 is 56.4 Å². The third-order valence-corrected chi connectivity index (χ3v) is 5.55. The SMILES string of the molecule is [2H]C([2H])([2H])Oc1cc2c(cc1OC)C1([2H])CC([2H])(OC(=O)[C@@H](N)C(C)C)C(CC(C)C)CN1C([2H])([2H])C2([2H])[2H]. The van der Waals surface area contributed by atoms with Crippen molar-refractivity contribution < 1.29 is 31.3 Å². The first-order valence-corrected chi connectivity index (χ1v) is 10.3. The summed E-state index contributed by atoms with van der Waals surface area (Å²) in [6, 6.07) is -0.814. The molecular formula is C24H38N2O4. The molecule has 0 saturated carbocycles. The fourth-order valence-corrected chi connectivity index (χ4v) is 3.82. The Kier molecular flexibility index (Phi) is 4.33. The highest BCUT2D eigenvalue weighted by molar-refractivity contribution is 5.76. The highest BCUT2D eigenvalue weighted by Gasteiger charge is 2.41. The molecule has 0 aromatic heterocycles. The molecule has 1 fully saturated rings. The second kappa shape index (κ2) is 9.56. The van der Waals surface area contributed by atoms with E-state index in [1.54, 1.807) is 13.8 Å². The van der Waals surface area contributed by atoms with Crippen LogP contribution in [0, 0.1) is 17.8 Å². The number of hydrogen-bond acceptors (Lipinski definition) is 6. The lowest BCUT2D eigenvalue weighted by Gasteiger charge is -2.47. The van der Waals surface area contributed by atoms with Gasteiger partial charge in [0.15, 0.2) is 11.5 Å². The molecule has 1 aromatic carbocycles. The van der Waals surface area contributed by atoms with Crippen LogP contribution in [0.2, 0.25) is 0 Å². The fourth-order valence-electron chi connectivity index (χ4n) is 3.82. The largest absolute Gasteiger partial charge is 0.493 e. The summed E-state index contributed by atoms with van der Waals surface area (Å²) in [5.74, 6) is -2.26. The molecule has 1 saturated heterocycles. The Labute approximate surface area is 193 Å². The predicted molar refractivity (Wildman–Crippen MR) is 118 cm³/mol. The Morgan fingerprint density at radius 2 is 2.07 bits per heavy atom. The van der Waals surface area contributed by atoms with Crippen LogP contribution < -0.4 is 15.2 Å². The number of esters is 1. The number of hydrogen-bond donors (Lipinski definition) is 1. The van der Waals surface area contributed by atoms with Crippen molar-refractivity contribution in [2.75, 3.05) is 27.2 Å². The monoisotopic (exact) mass is 427 g/mol. The lowest BCUT2D eigenvalue weighted by molar-refractivity contribution is -0.160. The Morgan fingerprint density at radius 3 is 2.70 bits per heavy atom. The summed E-state index contributed by atoms with van der Waals surface area (Å²) in [6.45, 7) is 4.27. The van der Waals surface area contributed by atoms with E-state index in [-0.39, 0.29) is 41.0 Å². The van der Waals surface area contributed by atoms with E-state index >= 15 is 0 Å². The first-order chi connectivity index (χ1) is 17.6. The van der Waals surface area contributed by atoms with Gasteiger partial charge in [0.05, 0.1) is 21.0 Å². The van der Waals surface area contributed by atoms with Crippen molar-refractivity contribution in [1.82, 2.24) is 4.90 Å². The van der Waals surface area contributed by atoms with Gasteiger partial charge in [-0.3, -0.25) is 9.69 Å². The number of aryl methyl sites for hydroxylation is 1.